The van der Waals surface area contributed by atoms with Crippen LogP contribution in [0.25, 0.3) is 0 Å². The Hall–Kier alpha value is -2.19. The first-order valence-corrected chi connectivity index (χ1v) is 12.5. The predicted molar refractivity (Wildman–Crippen MR) is 130 cm³/mol. The van der Waals surface area contributed by atoms with Gasteiger partial charge in [0.2, 0.25) is 17.7 Å². The summed E-state index contributed by atoms with van der Waals surface area (Å²) in [5, 5.41) is 9.30. The van der Waals surface area contributed by atoms with Crippen LogP contribution in [0.5, 0.6) is 0 Å². The van der Waals surface area contributed by atoms with E-state index in [1.54, 1.807) is 33.9 Å². The Bertz CT molecular complexity index is 829. The largest absolute Gasteiger partial charge is 0.396 e. The van der Waals surface area contributed by atoms with Gasteiger partial charge in [-0.2, -0.15) is 0 Å². The number of hydrogen-bond acceptors (Lipinski definition) is 5. The Balaban J connectivity index is 2.09. The van der Waals surface area contributed by atoms with Crippen molar-refractivity contribution in [1.82, 2.24) is 14.7 Å². The average Bonchev–Trinajstić information content (AvgIpc) is 3.40. The number of nitrogens with zero attached hydrogens (tertiary/aromatic N) is 3. The first-order chi connectivity index (χ1) is 16.2. The fraction of sp³-hybridized carbons (Fsp3) is 0.731. The molecule has 0 radical (unpaired) electrons. The summed E-state index contributed by atoms with van der Waals surface area (Å²) in [6.45, 7) is 14.5. The fourth-order valence-electron chi connectivity index (χ4n) is 6.38. The lowest BCUT2D eigenvalue weighted by Crippen LogP contribution is -2.57. The summed E-state index contributed by atoms with van der Waals surface area (Å²) >= 11 is 0. The molecule has 8 nitrogen and oxygen atoms in total. The molecular formula is C26H41N3O5. The van der Waals surface area contributed by atoms with Crippen molar-refractivity contribution in [2.45, 2.75) is 76.2 Å². The molecule has 3 saturated heterocycles. The number of likely N-dealkylation sites (tertiary alicyclic amines) is 1. The number of unbranched alkanes of at least 4 members (excludes halogenated alkanes) is 1. The molecule has 8 heteroatoms. The van der Waals surface area contributed by atoms with Gasteiger partial charge in [0.1, 0.15) is 11.6 Å². The smallest absolute Gasteiger partial charge is 0.248 e. The zero-order chi connectivity index (χ0) is 25.3. The zero-order valence-corrected chi connectivity index (χ0v) is 21.2. The number of aliphatic hydroxyl groups excluding tert-OH is 1. The van der Waals surface area contributed by atoms with Crippen LogP contribution in [0.15, 0.2) is 25.3 Å². The van der Waals surface area contributed by atoms with Crippen molar-refractivity contribution in [2.75, 3.05) is 33.3 Å². The number of rotatable bonds is 12. The Labute approximate surface area is 203 Å². The van der Waals surface area contributed by atoms with Crippen molar-refractivity contribution in [2.24, 2.45) is 11.8 Å². The minimum atomic E-state index is -1.02. The monoisotopic (exact) mass is 475 g/mol. The molecule has 190 valence electrons. The molecule has 3 aliphatic rings. The van der Waals surface area contributed by atoms with Crippen molar-refractivity contribution in [1.29, 1.82) is 0 Å². The molecule has 3 heterocycles. The van der Waals surface area contributed by atoms with Gasteiger partial charge < -0.3 is 24.5 Å². The summed E-state index contributed by atoms with van der Waals surface area (Å²) in [6.07, 6.45) is 6.28. The normalized spacial score (nSPS) is 31.6. The number of carbonyl (C=O) groups is 3. The zero-order valence-electron chi connectivity index (χ0n) is 21.2. The van der Waals surface area contributed by atoms with E-state index in [4.69, 9.17) is 4.74 Å². The van der Waals surface area contributed by atoms with Gasteiger partial charge in [-0.15, -0.1) is 13.2 Å². The van der Waals surface area contributed by atoms with Gasteiger partial charge >= 0.3 is 0 Å². The third-order valence-electron chi connectivity index (χ3n) is 8.00. The van der Waals surface area contributed by atoms with Crippen molar-refractivity contribution >= 4 is 17.7 Å². The van der Waals surface area contributed by atoms with Crippen LogP contribution in [0.3, 0.4) is 0 Å². The second kappa shape index (κ2) is 10.2. The number of amides is 3. The van der Waals surface area contributed by atoms with E-state index in [0.29, 0.717) is 51.7 Å². The van der Waals surface area contributed by atoms with E-state index in [9.17, 15) is 19.5 Å². The third kappa shape index (κ3) is 3.98. The number of aliphatic hydroxyl groups is 1. The van der Waals surface area contributed by atoms with Crippen LogP contribution in [0.4, 0.5) is 0 Å². The first kappa shape index (κ1) is 26.4. The van der Waals surface area contributed by atoms with E-state index in [1.807, 2.05) is 20.8 Å². The van der Waals surface area contributed by atoms with E-state index >= 15 is 0 Å². The molecule has 3 amide bonds. The topological polar surface area (TPSA) is 90.4 Å². The van der Waals surface area contributed by atoms with E-state index in [1.165, 1.54) is 0 Å². The summed E-state index contributed by atoms with van der Waals surface area (Å²) in [5.41, 5.74) is -1.77. The maximum atomic E-state index is 14.0. The third-order valence-corrected chi connectivity index (χ3v) is 8.00. The Kier molecular flexibility index (Phi) is 7.92. The summed E-state index contributed by atoms with van der Waals surface area (Å²) in [4.78, 5) is 46.6. The molecule has 34 heavy (non-hydrogen) atoms. The van der Waals surface area contributed by atoms with Gasteiger partial charge in [0.25, 0.3) is 0 Å². The van der Waals surface area contributed by atoms with Crippen molar-refractivity contribution < 1.29 is 24.2 Å². The van der Waals surface area contributed by atoms with E-state index < -0.39 is 29.1 Å². The maximum absolute atomic E-state index is 14.0. The summed E-state index contributed by atoms with van der Waals surface area (Å²) in [5.74, 6) is -1.79. The molecule has 0 aromatic carbocycles. The van der Waals surface area contributed by atoms with Crippen LogP contribution >= 0.6 is 0 Å². The van der Waals surface area contributed by atoms with Gasteiger partial charge in [-0.25, -0.2) is 0 Å². The van der Waals surface area contributed by atoms with Crippen LogP contribution in [0.1, 0.15) is 52.9 Å². The Morgan fingerprint density at radius 2 is 1.88 bits per heavy atom. The molecule has 0 aromatic rings. The minimum absolute atomic E-state index is 0.0205. The van der Waals surface area contributed by atoms with Crippen LogP contribution in [0.2, 0.25) is 0 Å². The number of ether oxygens (including phenoxy) is 1. The van der Waals surface area contributed by atoms with E-state index in [-0.39, 0.29) is 30.4 Å². The molecule has 2 unspecified atom stereocenters. The highest BCUT2D eigenvalue weighted by Crippen LogP contribution is 2.64. The van der Waals surface area contributed by atoms with E-state index in [2.05, 4.69) is 13.2 Å². The highest BCUT2D eigenvalue weighted by molar-refractivity contribution is 5.99. The molecular weight excluding hydrogens is 434 g/mol. The number of fused-ring (bicyclic) bond motifs is 1. The number of likely N-dealkylation sites (N-methyl/N-ethyl adjacent to an activating group) is 1. The van der Waals surface area contributed by atoms with Crippen molar-refractivity contribution in [3.05, 3.63) is 25.3 Å². The maximum Gasteiger partial charge on any atom is 0.248 e. The van der Waals surface area contributed by atoms with Crippen LogP contribution in [-0.2, 0) is 19.1 Å². The predicted octanol–water partition coefficient (Wildman–Crippen LogP) is 1.98. The summed E-state index contributed by atoms with van der Waals surface area (Å²) < 4.78 is 6.77. The lowest BCUT2D eigenvalue weighted by Gasteiger charge is -2.38. The fourth-order valence-corrected chi connectivity index (χ4v) is 6.38. The average molecular weight is 476 g/mol. The van der Waals surface area contributed by atoms with E-state index in [0.717, 1.165) is 0 Å². The quantitative estimate of drug-likeness (QED) is 0.344. The van der Waals surface area contributed by atoms with Crippen LogP contribution in [0, 0.1) is 11.8 Å². The van der Waals surface area contributed by atoms with Gasteiger partial charge in [-0.1, -0.05) is 19.1 Å². The lowest BCUT2D eigenvalue weighted by atomic mass is 9.64. The van der Waals surface area contributed by atoms with Gasteiger partial charge in [-0.3, -0.25) is 14.4 Å². The van der Waals surface area contributed by atoms with Gasteiger partial charge in [-0.05, 0) is 46.0 Å². The molecule has 2 bridgehead atoms. The Morgan fingerprint density at radius 1 is 1.21 bits per heavy atom. The highest BCUT2D eigenvalue weighted by atomic mass is 16.5. The van der Waals surface area contributed by atoms with Gasteiger partial charge in [0, 0.05) is 39.3 Å². The van der Waals surface area contributed by atoms with Gasteiger partial charge in [0.05, 0.1) is 17.4 Å². The second-order valence-electron chi connectivity index (χ2n) is 10.2. The molecule has 0 saturated carbocycles. The first-order valence-electron chi connectivity index (χ1n) is 12.5. The molecule has 3 aliphatic heterocycles. The number of hydrogen-bond donors (Lipinski definition) is 1. The van der Waals surface area contributed by atoms with Crippen molar-refractivity contribution in [3.8, 4) is 0 Å². The summed E-state index contributed by atoms with van der Waals surface area (Å²) in [7, 11) is 1.72. The Morgan fingerprint density at radius 3 is 2.44 bits per heavy atom. The molecule has 0 aliphatic carbocycles. The number of carbonyl (C=O) groups excluding carboxylic acids is 3. The standard InChI is InChI=1S/C26H41N3O5/c1-7-14-27(6)22(31)19-20-23(32)29(16-10-11-17-30)21(24(33)28(15-8-2)18(4)5)26(20)13-12-25(19,9-3)34-26/h7-8,18-21,30H,1-2,9-17H2,3-6H3/t19-,20+,21?,25+,26?/m1/s1. The highest BCUT2D eigenvalue weighted by Gasteiger charge is 2.78. The second-order valence-corrected chi connectivity index (χ2v) is 10.2. The van der Waals surface area contributed by atoms with Crippen LogP contribution in [-0.4, -0.2) is 94.1 Å². The summed E-state index contributed by atoms with van der Waals surface area (Å²) in [6, 6.07) is -0.868. The molecule has 0 aromatic heterocycles. The molecule has 3 fully saturated rings. The molecule has 1 spiro atoms. The SMILES string of the molecule is C=CCN(C)C(=O)[C@H]1[C@H]2C(=O)N(CCCCO)C(C(=O)N(CC=C)C(C)C)C23CC[C@]1(CC)O3. The molecule has 5 atom stereocenters. The minimum Gasteiger partial charge on any atom is -0.396 e. The molecule has 1 N–H and O–H groups in total. The lowest BCUT2D eigenvalue weighted by molar-refractivity contribution is -0.155. The van der Waals surface area contributed by atoms with Crippen LogP contribution < -0.4 is 0 Å². The molecule has 3 rings (SSSR count). The van der Waals surface area contributed by atoms with Crippen molar-refractivity contribution in [3.63, 3.8) is 0 Å². The van der Waals surface area contributed by atoms with Gasteiger partial charge in [0.15, 0.2) is 0 Å².